The van der Waals surface area contributed by atoms with Crippen molar-refractivity contribution in [3.63, 3.8) is 0 Å². The van der Waals surface area contributed by atoms with Crippen LogP contribution in [0.5, 0.6) is 5.75 Å². The predicted octanol–water partition coefficient (Wildman–Crippen LogP) is 2.49. The third-order valence-corrected chi connectivity index (χ3v) is 5.04. The number of nitrogens with one attached hydrogen (secondary N) is 1. The van der Waals surface area contributed by atoms with Crippen molar-refractivity contribution in [3.8, 4) is 5.75 Å². The Morgan fingerprint density at radius 1 is 1.24 bits per heavy atom. The second-order valence-corrected chi connectivity index (χ2v) is 6.67. The van der Waals surface area contributed by atoms with Crippen LogP contribution in [0.15, 0.2) is 12.1 Å². The van der Waals surface area contributed by atoms with Crippen molar-refractivity contribution >= 4 is 23.2 Å². The summed E-state index contributed by atoms with van der Waals surface area (Å²) in [6.45, 7) is 3.46. The smallest absolute Gasteiger partial charge is 0.121 e. The number of phenols is 1. The van der Waals surface area contributed by atoms with E-state index in [4.69, 9.17) is 23.2 Å². The van der Waals surface area contributed by atoms with Gasteiger partial charge in [-0.15, -0.1) is 0 Å². The van der Waals surface area contributed by atoms with Crippen LogP contribution < -0.4 is 5.32 Å². The molecular weight excluding hydrogens is 311 g/mol. The summed E-state index contributed by atoms with van der Waals surface area (Å²) in [5.74, 6) is 0.179. The second kappa shape index (κ2) is 7.16. The van der Waals surface area contributed by atoms with E-state index in [1.54, 1.807) is 6.07 Å². The summed E-state index contributed by atoms with van der Waals surface area (Å²) < 4.78 is 0. The quantitative estimate of drug-likeness (QED) is 0.775. The van der Waals surface area contributed by atoms with Gasteiger partial charge in [-0.1, -0.05) is 23.2 Å². The highest BCUT2D eigenvalue weighted by molar-refractivity contribution is 6.42. The lowest BCUT2D eigenvalue weighted by atomic mass is 9.79. The van der Waals surface area contributed by atoms with Crippen LogP contribution in [0.1, 0.15) is 18.4 Å². The zero-order valence-corrected chi connectivity index (χ0v) is 13.7. The van der Waals surface area contributed by atoms with E-state index in [1.807, 2.05) is 7.05 Å². The maximum absolute atomic E-state index is 9.96. The van der Waals surface area contributed by atoms with Gasteiger partial charge in [0, 0.05) is 30.1 Å². The number of likely N-dealkylation sites (tertiary alicyclic amines) is 1. The minimum absolute atomic E-state index is 0.0229. The lowest BCUT2D eigenvalue weighted by Crippen LogP contribution is -2.46. The minimum atomic E-state index is -0.0229. The van der Waals surface area contributed by atoms with Gasteiger partial charge in [-0.3, -0.25) is 4.90 Å². The Hall–Kier alpha value is -0.520. The SMILES string of the molecule is CNCC1(CO)CCN(Cc2cc(Cl)c(Cl)cc2O)CC1. The lowest BCUT2D eigenvalue weighted by Gasteiger charge is -2.40. The molecule has 0 spiro atoms. The molecule has 1 aliphatic rings. The number of halogens is 2. The number of hydrogen-bond acceptors (Lipinski definition) is 4. The number of rotatable bonds is 5. The molecule has 1 aromatic rings. The molecule has 1 aliphatic heterocycles. The van der Waals surface area contributed by atoms with Gasteiger partial charge < -0.3 is 15.5 Å². The molecule has 0 unspecified atom stereocenters. The van der Waals surface area contributed by atoms with Gasteiger partial charge in [0.2, 0.25) is 0 Å². The molecule has 118 valence electrons. The van der Waals surface area contributed by atoms with Crippen LogP contribution in [-0.4, -0.2) is 48.4 Å². The van der Waals surface area contributed by atoms with Crippen LogP contribution in [0.3, 0.4) is 0 Å². The Labute approximate surface area is 135 Å². The summed E-state index contributed by atoms with van der Waals surface area (Å²) in [4.78, 5) is 2.27. The molecular formula is C15H22Cl2N2O2. The molecule has 1 fully saturated rings. The normalized spacial score (nSPS) is 18.9. The molecule has 0 bridgehead atoms. The molecule has 0 radical (unpaired) electrons. The van der Waals surface area contributed by atoms with Gasteiger partial charge in [0.05, 0.1) is 16.7 Å². The number of aromatic hydroxyl groups is 1. The molecule has 6 heteroatoms. The largest absolute Gasteiger partial charge is 0.508 e. The highest BCUT2D eigenvalue weighted by Gasteiger charge is 2.33. The molecule has 3 N–H and O–H groups in total. The predicted molar refractivity (Wildman–Crippen MR) is 86.1 cm³/mol. The van der Waals surface area contributed by atoms with Gasteiger partial charge in [0.25, 0.3) is 0 Å². The summed E-state index contributed by atoms with van der Waals surface area (Å²) in [6, 6.07) is 3.21. The Bertz CT molecular complexity index is 489. The zero-order valence-electron chi connectivity index (χ0n) is 12.2. The van der Waals surface area contributed by atoms with E-state index in [0.717, 1.165) is 38.0 Å². The first-order chi connectivity index (χ1) is 9.99. The van der Waals surface area contributed by atoms with Gasteiger partial charge in [-0.05, 0) is 39.0 Å². The number of aliphatic hydroxyl groups is 1. The summed E-state index contributed by atoms with van der Waals surface area (Å²) >= 11 is 11.9. The summed E-state index contributed by atoms with van der Waals surface area (Å²) in [6.07, 6.45) is 1.87. The summed E-state index contributed by atoms with van der Waals surface area (Å²) in [5, 5.41) is 23.6. The minimum Gasteiger partial charge on any atom is -0.508 e. The molecule has 0 aromatic heterocycles. The highest BCUT2D eigenvalue weighted by atomic mass is 35.5. The second-order valence-electron chi connectivity index (χ2n) is 5.86. The lowest BCUT2D eigenvalue weighted by molar-refractivity contribution is 0.0424. The molecule has 2 rings (SSSR count). The number of piperidine rings is 1. The van der Waals surface area contributed by atoms with Crippen molar-refractivity contribution in [2.45, 2.75) is 19.4 Å². The molecule has 4 nitrogen and oxygen atoms in total. The van der Waals surface area contributed by atoms with E-state index < -0.39 is 0 Å². The highest BCUT2D eigenvalue weighted by Crippen LogP contribution is 2.34. The average molecular weight is 333 g/mol. The fraction of sp³-hybridized carbons (Fsp3) is 0.600. The first-order valence-corrected chi connectivity index (χ1v) is 7.90. The number of phenolic OH excluding ortho intramolecular Hbond substituents is 1. The summed E-state index contributed by atoms with van der Waals surface area (Å²) in [5.41, 5.74) is 0.764. The maximum atomic E-state index is 9.96. The van der Waals surface area contributed by atoms with Crippen molar-refractivity contribution in [2.24, 2.45) is 5.41 Å². The number of benzene rings is 1. The molecule has 21 heavy (non-hydrogen) atoms. The van der Waals surface area contributed by atoms with Gasteiger partial charge in [0.15, 0.2) is 0 Å². The van der Waals surface area contributed by atoms with E-state index in [2.05, 4.69) is 10.2 Å². The van der Waals surface area contributed by atoms with E-state index >= 15 is 0 Å². The fourth-order valence-electron chi connectivity index (χ4n) is 2.90. The van der Waals surface area contributed by atoms with Crippen LogP contribution >= 0.6 is 23.2 Å². The third-order valence-electron chi connectivity index (χ3n) is 4.32. The Balaban J connectivity index is 1.99. The van der Waals surface area contributed by atoms with Crippen LogP contribution in [0, 0.1) is 5.41 Å². The molecule has 0 aliphatic carbocycles. The standard InChI is InChI=1S/C15H22Cl2N2O2/c1-18-9-15(10-20)2-4-19(5-3-15)8-11-6-12(16)13(17)7-14(11)21/h6-7,18,20-21H,2-5,8-10H2,1H3. The molecule has 0 amide bonds. The maximum Gasteiger partial charge on any atom is 0.121 e. The van der Waals surface area contributed by atoms with Gasteiger partial charge in [-0.25, -0.2) is 0 Å². The molecule has 1 aromatic carbocycles. The average Bonchev–Trinajstić information content (AvgIpc) is 2.47. The Morgan fingerprint density at radius 2 is 1.86 bits per heavy atom. The van der Waals surface area contributed by atoms with Crippen LogP contribution in [-0.2, 0) is 6.54 Å². The first-order valence-electron chi connectivity index (χ1n) is 7.14. The first kappa shape index (κ1) is 16.8. The van der Waals surface area contributed by atoms with Crippen molar-refractivity contribution in [1.82, 2.24) is 10.2 Å². The molecule has 1 saturated heterocycles. The Morgan fingerprint density at radius 3 is 2.43 bits per heavy atom. The van der Waals surface area contributed by atoms with E-state index in [0.29, 0.717) is 16.6 Å². The number of nitrogens with zero attached hydrogens (tertiary/aromatic N) is 1. The van der Waals surface area contributed by atoms with Crippen LogP contribution in [0.25, 0.3) is 0 Å². The van der Waals surface area contributed by atoms with E-state index in [1.165, 1.54) is 6.07 Å². The third kappa shape index (κ3) is 4.02. The number of hydrogen-bond donors (Lipinski definition) is 3. The summed E-state index contributed by atoms with van der Waals surface area (Å²) in [7, 11) is 1.91. The van der Waals surface area contributed by atoms with E-state index in [9.17, 15) is 10.2 Å². The molecule has 0 atom stereocenters. The van der Waals surface area contributed by atoms with Gasteiger partial charge >= 0.3 is 0 Å². The van der Waals surface area contributed by atoms with Crippen LogP contribution in [0.4, 0.5) is 0 Å². The van der Waals surface area contributed by atoms with Gasteiger partial charge in [0.1, 0.15) is 5.75 Å². The van der Waals surface area contributed by atoms with Crippen molar-refractivity contribution in [1.29, 1.82) is 0 Å². The topological polar surface area (TPSA) is 55.7 Å². The Kier molecular flexibility index (Phi) is 5.74. The van der Waals surface area contributed by atoms with Crippen LogP contribution in [0.2, 0.25) is 10.0 Å². The zero-order chi connectivity index (χ0) is 15.5. The number of aliphatic hydroxyl groups excluding tert-OH is 1. The van der Waals surface area contributed by atoms with Gasteiger partial charge in [-0.2, -0.15) is 0 Å². The molecule has 1 heterocycles. The fourth-order valence-corrected chi connectivity index (χ4v) is 3.24. The monoisotopic (exact) mass is 332 g/mol. The van der Waals surface area contributed by atoms with E-state index in [-0.39, 0.29) is 17.8 Å². The van der Waals surface area contributed by atoms with Crippen molar-refractivity contribution in [2.75, 3.05) is 33.3 Å². The van der Waals surface area contributed by atoms with Crippen molar-refractivity contribution in [3.05, 3.63) is 27.7 Å². The molecule has 0 saturated carbocycles. The van der Waals surface area contributed by atoms with Crippen molar-refractivity contribution < 1.29 is 10.2 Å².